The van der Waals surface area contributed by atoms with Crippen molar-refractivity contribution < 1.29 is 36.1 Å². The van der Waals surface area contributed by atoms with Crippen molar-refractivity contribution in [3.8, 4) is 0 Å². The summed E-state index contributed by atoms with van der Waals surface area (Å²) in [4.78, 5) is 24.4. The van der Waals surface area contributed by atoms with Crippen molar-refractivity contribution in [1.82, 2.24) is 9.55 Å². The van der Waals surface area contributed by atoms with Gasteiger partial charge >= 0.3 is 17.9 Å². The zero-order chi connectivity index (χ0) is 17.1. The number of nitro groups is 1. The summed E-state index contributed by atoms with van der Waals surface area (Å²) >= 11 is 0. The molecule has 0 radical (unpaired) electrons. The molecule has 0 aliphatic carbocycles. The third-order valence-corrected chi connectivity index (χ3v) is 2.69. The number of nitrogens with zero attached hydrogens (tertiary/aromatic N) is 3. The molecule has 0 unspecified atom stereocenters. The first-order valence-corrected chi connectivity index (χ1v) is 5.70. The highest BCUT2D eigenvalue weighted by Crippen LogP contribution is 2.38. The molecule has 0 atom stereocenters. The molecule has 0 amide bonds. The van der Waals surface area contributed by atoms with Gasteiger partial charge in [0.15, 0.2) is 19.0 Å². The summed E-state index contributed by atoms with van der Waals surface area (Å²) in [6.07, 6.45) is -8.10. The fourth-order valence-corrected chi connectivity index (χ4v) is 1.52. The van der Waals surface area contributed by atoms with Crippen molar-refractivity contribution in [1.29, 1.82) is 0 Å². The molecule has 0 aliphatic rings. The Morgan fingerprint density at radius 2 is 1.91 bits per heavy atom. The van der Waals surface area contributed by atoms with Gasteiger partial charge in [0.25, 0.3) is 0 Å². The van der Waals surface area contributed by atoms with Gasteiger partial charge in [0.1, 0.15) is 6.20 Å². The number of alkyl halides is 6. The number of carbonyl (C=O) groups is 1. The molecule has 22 heavy (non-hydrogen) atoms. The lowest BCUT2D eigenvalue weighted by Gasteiger charge is -2.18. The Hall–Kier alpha value is -2.14. The number of Topliss-reactive ketones (excluding diaryl/α,β-unsaturated/α-hetero) is 1. The third-order valence-electron chi connectivity index (χ3n) is 2.69. The summed E-state index contributed by atoms with van der Waals surface area (Å²) in [5.74, 6) is -7.45. The van der Waals surface area contributed by atoms with Crippen LogP contribution in [0.25, 0.3) is 0 Å². The maximum absolute atomic E-state index is 12.7. The molecule has 1 heterocycles. The highest BCUT2D eigenvalue weighted by molar-refractivity contribution is 5.78. The van der Waals surface area contributed by atoms with Gasteiger partial charge in [-0.3, -0.25) is 4.79 Å². The Balaban J connectivity index is 2.78. The maximum Gasteiger partial charge on any atom is 0.453 e. The van der Waals surface area contributed by atoms with Gasteiger partial charge in [-0.05, 0) is 4.92 Å². The summed E-state index contributed by atoms with van der Waals surface area (Å²) in [7, 11) is 0. The monoisotopic (exact) mass is 333 g/mol. The van der Waals surface area contributed by atoms with E-state index in [1.54, 1.807) is 0 Å². The third kappa shape index (κ3) is 3.95. The molecular weight excluding hydrogens is 324 g/mol. The lowest BCUT2D eigenvalue weighted by Crippen LogP contribution is -2.36. The Morgan fingerprint density at radius 1 is 1.32 bits per heavy atom. The van der Waals surface area contributed by atoms with Crippen LogP contribution in [-0.4, -0.2) is 32.4 Å². The predicted molar refractivity (Wildman–Crippen MR) is 58.9 cm³/mol. The number of hydrogen-bond acceptors (Lipinski definition) is 4. The zero-order valence-corrected chi connectivity index (χ0v) is 10.7. The Kier molecular flexibility index (Phi) is 5.14. The van der Waals surface area contributed by atoms with Crippen molar-refractivity contribution >= 4 is 11.6 Å². The summed E-state index contributed by atoms with van der Waals surface area (Å²) in [5.41, 5.74) is 0. The van der Waals surface area contributed by atoms with E-state index in [0.29, 0.717) is 10.8 Å². The van der Waals surface area contributed by atoms with Crippen molar-refractivity contribution in [2.75, 3.05) is 0 Å². The first-order chi connectivity index (χ1) is 9.99. The molecule has 12 heteroatoms. The van der Waals surface area contributed by atoms with Crippen LogP contribution in [0.5, 0.6) is 0 Å². The predicted octanol–water partition coefficient (Wildman–Crippen LogP) is 2.81. The summed E-state index contributed by atoms with van der Waals surface area (Å²) in [6.45, 7) is -2.18. The standard InChI is InChI=1S/C10H9F6N3O3/c11-3-7-17-4-8(19(21)22)18(7)5-6(20)1-2-9(12,13)10(14,15)16/h4H,1-3,5H2. The van der Waals surface area contributed by atoms with E-state index in [2.05, 4.69) is 4.98 Å². The minimum Gasteiger partial charge on any atom is -0.358 e. The lowest BCUT2D eigenvalue weighted by atomic mass is 10.1. The molecule has 0 spiro atoms. The van der Waals surface area contributed by atoms with E-state index in [-0.39, 0.29) is 0 Å². The highest BCUT2D eigenvalue weighted by Gasteiger charge is 2.56. The van der Waals surface area contributed by atoms with Gasteiger partial charge in [-0.25, -0.2) is 13.9 Å². The maximum atomic E-state index is 12.7. The lowest BCUT2D eigenvalue weighted by molar-refractivity contribution is -0.392. The van der Waals surface area contributed by atoms with Crippen molar-refractivity contribution in [2.45, 2.75) is 38.2 Å². The van der Waals surface area contributed by atoms with Crippen molar-refractivity contribution in [3.63, 3.8) is 0 Å². The van der Waals surface area contributed by atoms with E-state index in [9.17, 15) is 41.3 Å². The molecule has 0 saturated carbocycles. The van der Waals surface area contributed by atoms with Crippen LogP contribution in [0.1, 0.15) is 18.7 Å². The largest absolute Gasteiger partial charge is 0.453 e. The van der Waals surface area contributed by atoms with Crippen LogP contribution in [0.15, 0.2) is 6.20 Å². The first-order valence-electron chi connectivity index (χ1n) is 5.70. The van der Waals surface area contributed by atoms with E-state index in [1.165, 1.54) is 0 Å². The average Bonchev–Trinajstić information content (AvgIpc) is 2.78. The summed E-state index contributed by atoms with van der Waals surface area (Å²) < 4.78 is 74.2. The quantitative estimate of drug-likeness (QED) is 0.437. The van der Waals surface area contributed by atoms with Gasteiger partial charge < -0.3 is 10.1 Å². The number of carbonyl (C=O) groups excluding carboxylic acids is 1. The molecule has 1 rings (SSSR count). The van der Waals surface area contributed by atoms with E-state index >= 15 is 0 Å². The second kappa shape index (κ2) is 6.32. The average molecular weight is 333 g/mol. The fourth-order valence-electron chi connectivity index (χ4n) is 1.52. The van der Waals surface area contributed by atoms with Crippen LogP contribution in [0.4, 0.5) is 32.2 Å². The van der Waals surface area contributed by atoms with Gasteiger partial charge in [0.05, 0.1) is 0 Å². The van der Waals surface area contributed by atoms with E-state index < -0.39 is 60.5 Å². The SMILES string of the molecule is O=C(CCC(F)(F)C(F)(F)F)Cn1c([N+](=O)[O-])cnc1CF. The van der Waals surface area contributed by atoms with E-state index in [1.807, 2.05) is 0 Å². The van der Waals surface area contributed by atoms with Gasteiger partial charge in [-0.15, -0.1) is 0 Å². The topological polar surface area (TPSA) is 78.0 Å². The number of hydrogen-bond donors (Lipinski definition) is 0. The zero-order valence-electron chi connectivity index (χ0n) is 10.7. The fraction of sp³-hybridized carbons (Fsp3) is 0.600. The molecule has 1 aromatic heterocycles. The molecule has 0 aromatic carbocycles. The number of aromatic nitrogens is 2. The van der Waals surface area contributed by atoms with Gasteiger partial charge in [0, 0.05) is 12.8 Å². The van der Waals surface area contributed by atoms with Crippen LogP contribution in [0, 0.1) is 10.1 Å². The second-order valence-corrected chi connectivity index (χ2v) is 4.25. The second-order valence-electron chi connectivity index (χ2n) is 4.25. The van der Waals surface area contributed by atoms with E-state index in [4.69, 9.17) is 0 Å². The molecular formula is C10H9F6N3O3. The molecule has 1 aromatic rings. The molecule has 0 aliphatic heterocycles. The Morgan fingerprint density at radius 3 is 2.36 bits per heavy atom. The molecule has 0 bridgehead atoms. The van der Waals surface area contributed by atoms with Crippen LogP contribution in [0.2, 0.25) is 0 Å². The van der Waals surface area contributed by atoms with Gasteiger partial charge in [-0.1, -0.05) is 0 Å². The van der Waals surface area contributed by atoms with Crippen LogP contribution in [-0.2, 0) is 18.0 Å². The summed E-state index contributed by atoms with van der Waals surface area (Å²) in [6, 6.07) is 0. The number of halogens is 6. The Bertz CT molecular complexity index is 569. The highest BCUT2D eigenvalue weighted by atomic mass is 19.4. The van der Waals surface area contributed by atoms with Gasteiger partial charge in [-0.2, -0.15) is 22.0 Å². The molecule has 0 saturated heterocycles. The molecule has 0 fully saturated rings. The Labute approximate surface area is 118 Å². The van der Waals surface area contributed by atoms with Crippen LogP contribution < -0.4 is 0 Å². The van der Waals surface area contributed by atoms with Crippen molar-refractivity contribution in [3.05, 3.63) is 22.1 Å². The smallest absolute Gasteiger partial charge is 0.358 e. The minimum absolute atomic E-state index is 0.498. The number of imidazole rings is 1. The van der Waals surface area contributed by atoms with Gasteiger partial charge in [0.2, 0.25) is 5.82 Å². The van der Waals surface area contributed by atoms with Crippen LogP contribution >= 0.6 is 0 Å². The molecule has 124 valence electrons. The molecule has 6 nitrogen and oxygen atoms in total. The summed E-state index contributed by atoms with van der Waals surface area (Å²) in [5, 5.41) is 10.6. The molecule has 0 N–H and O–H groups in total. The minimum atomic E-state index is -5.79. The van der Waals surface area contributed by atoms with E-state index in [0.717, 1.165) is 0 Å². The number of ketones is 1. The normalized spacial score (nSPS) is 12.5. The first kappa shape index (κ1) is 17.9. The number of rotatable bonds is 7. The van der Waals surface area contributed by atoms with Crippen LogP contribution in [0.3, 0.4) is 0 Å². The van der Waals surface area contributed by atoms with Crippen molar-refractivity contribution in [2.24, 2.45) is 0 Å².